The number of fused-ring (bicyclic) bond motifs is 1. The first-order valence-electron chi connectivity index (χ1n) is 8.44. The smallest absolute Gasteiger partial charge is 0.307 e. The molecule has 0 amide bonds. The lowest BCUT2D eigenvalue weighted by Crippen LogP contribution is -2.00. The van der Waals surface area contributed by atoms with E-state index >= 15 is 0 Å². The molecule has 0 aliphatic rings. The van der Waals surface area contributed by atoms with E-state index in [0.717, 1.165) is 27.8 Å². The number of carbonyl (C=O) groups is 1. The largest absolute Gasteiger partial charge is 0.496 e. The monoisotopic (exact) mass is 359 g/mol. The van der Waals surface area contributed by atoms with Crippen LogP contribution in [0.25, 0.3) is 33.4 Å². The highest BCUT2D eigenvalue weighted by Gasteiger charge is 2.17. The predicted octanol–water partition coefficient (Wildman–Crippen LogP) is 3.93. The van der Waals surface area contributed by atoms with Crippen LogP contribution >= 0.6 is 0 Å². The minimum atomic E-state index is -0.877. The summed E-state index contributed by atoms with van der Waals surface area (Å²) in [4.78, 5) is 23.1. The molecule has 6 heteroatoms. The average molecular weight is 359 g/mol. The fourth-order valence-corrected chi connectivity index (χ4v) is 3.24. The standard InChI is InChI=1S/C21H17N3O3/c1-27-17-8-7-13(10-18(25)26)9-15(17)16-11-22-21-19(16)20(23-12-24-21)14-5-3-2-4-6-14/h2-9,11-12H,10H2,1H3,(H,25,26)(H,22,23,24). The number of H-pyrrole nitrogens is 1. The molecule has 4 aromatic rings. The molecule has 2 N–H and O–H groups in total. The van der Waals surface area contributed by atoms with Crippen LogP contribution < -0.4 is 4.74 Å². The van der Waals surface area contributed by atoms with Gasteiger partial charge in [0.2, 0.25) is 0 Å². The van der Waals surface area contributed by atoms with E-state index in [1.165, 1.54) is 6.33 Å². The lowest BCUT2D eigenvalue weighted by atomic mass is 9.98. The minimum Gasteiger partial charge on any atom is -0.496 e. The number of rotatable bonds is 5. The van der Waals surface area contributed by atoms with E-state index in [1.807, 2.05) is 42.6 Å². The number of carboxylic acid groups (broad SMARTS) is 1. The Kier molecular flexibility index (Phi) is 4.30. The van der Waals surface area contributed by atoms with Crippen LogP contribution in [0.2, 0.25) is 0 Å². The molecule has 0 bridgehead atoms. The molecule has 0 spiro atoms. The van der Waals surface area contributed by atoms with Gasteiger partial charge in [-0.3, -0.25) is 4.79 Å². The number of carboxylic acids is 1. The molecule has 27 heavy (non-hydrogen) atoms. The summed E-state index contributed by atoms with van der Waals surface area (Å²) in [5.74, 6) is -0.216. The van der Waals surface area contributed by atoms with Gasteiger partial charge >= 0.3 is 5.97 Å². The summed E-state index contributed by atoms with van der Waals surface area (Å²) in [5, 5.41) is 9.99. The Morgan fingerprint density at radius 1 is 1.11 bits per heavy atom. The van der Waals surface area contributed by atoms with Crippen molar-refractivity contribution >= 4 is 17.0 Å². The molecule has 134 valence electrons. The SMILES string of the molecule is COc1ccc(CC(=O)O)cc1-c1c[nH]c2ncnc(-c3ccccc3)c12. The number of nitrogens with zero attached hydrogens (tertiary/aromatic N) is 2. The number of benzene rings is 2. The summed E-state index contributed by atoms with van der Waals surface area (Å²) < 4.78 is 5.52. The fraction of sp³-hybridized carbons (Fsp3) is 0.0952. The van der Waals surface area contributed by atoms with Crippen molar-refractivity contribution in [3.63, 3.8) is 0 Å². The van der Waals surface area contributed by atoms with Gasteiger partial charge in [-0.1, -0.05) is 36.4 Å². The van der Waals surface area contributed by atoms with Crippen molar-refractivity contribution in [2.24, 2.45) is 0 Å². The van der Waals surface area contributed by atoms with E-state index in [4.69, 9.17) is 9.84 Å². The maximum absolute atomic E-state index is 11.1. The van der Waals surface area contributed by atoms with Crippen LogP contribution in [0, 0.1) is 0 Å². The van der Waals surface area contributed by atoms with E-state index in [9.17, 15) is 4.79 Å². The zero-order chi connectivity index (χ0) is 18.8. The summed E-state index contributed by atoms with van der Waals surface area (Å²) in [6.07, 6.45) is 3.33. The van der Waals surface area contributed by atoms with Crippen molar-refractivity contribution in [1.82, 2.24) is 15.0 Å². The maximum Gasteiger partial charge on any atom is 0.307 e. The van der Waals surface area contributed by atoms with Crippen molar-refractivity contribution < 1.29 is 14.6 Å². The summed E-state index contributed by atoms with van der Waals surface area (Å²) in [7, 11) is 1.60. The molecule has 0 unspecified atom stereocenters. The molecule has 0 aliphatic carbocycles. The number of methoxy groups -OCH3 is 1. The van der Waals surface area contributed by atoms with Crippen LogP contribution in [0.4, 0.5) is 0 Å². The van der Waals surface area contributed by atoms with Crippen molar-refractivity contribution in [3.05, 3.63) is 66.6 Å². The lowest BCUT2D eigenvalue weighted by Gasteiger charge is -2.11. The first-order valence-corrected chi connectivity index (χ1v) is 8.44. The number of aromatic nitrogens is 3. The van der Waals surface area contributed by atoms with Crippen LogP contribution in [-0.2, 0) is 11.2 Å². The fourth-order valence-electron chi connectivity index (χ4n) is 3.24. The summed E-state index contributed by atoms with van der Waals surface area (Å²) >= 11 is 0. The third kappa shape index (κ3) is 3.13. The van der Waals surface area contributed by atoms with E-state index in [-0.39, 0.29) is 6.42 Å². The molecule has 0 saturated heterocycles. The Balaban J connectivity index is 1.96. The van der Waals surface area contributed by atoms with Crippen molar-refractivity contribution in [3.8, 4) is 28.1 Å². The van der Waals surface area contributed by atoms with Crippen LogP contribution in [0.3, 0.4) is 0 Å². The minimum absolute atomic E-state index is 0.0542. The number of hydrogen-bond donors (Lipinski definition) is 2. The van der Waals surface area contributed by atoms with Crippen LogP contribution in [0.1, 0.15) is 5.56 Å². The molecule has 0 radical (unpaired) electrons. The zero-order valence-electron chi connectivity index (χ0n) is 14.6. The van der Waals surface area contributed by atoms with Gasteiger partial charge in [-0.15, -0.1) is 0 Å². The highest BCUT2D eigenvalue weighted by Crippen LogP contribution is 2.38. The highest BCUT2D eigenvalue weighted by atomic mass is 16.5. The quantitative estimate of drug-likeness (QED) is 0.564. The third-order valence-electron chi connectivity index (χ3n) is 4.43. The van der Waals surface area contributed by atoms with Gasteiger partial charge in [0.15, 0.2) is 0 Å². The number of ether oxygens (including phenoxy) is 1. The van der Waals surface area contributed by atoms with Gasteiger partial charge in [-0.25, -0.2) is 9.97 Å². The topological polar surface area (TPSA) is 88.1 Å². The Morgan fingerprint density at radius 3 is 2.67 bits per heavy atom. The second-order valence-electron chi connectivity index (χ2n) is 6.12. The molecule has 0 aliphatic heterocycles. The second-order valence-corrected chi connectivity index (χ2v) is 6.12. The number of nitrogens with one attached hydrogen (secondary N) is 1. The molecule has 2 aromatic carbocycles. The van der Waals surface area contributed by atoms with Gasteiger partial charge < -0.3 is 14.8 Å². The van der Waals surface area contributed by atoms with Gasteiger partial charge in [0, 0.05) is 22.9 Å². The molecule has 6 nitrogen and oxygen atoms in total. The Morgan fingerprint density at radius 2 is 1.93 bits per heavy atom. The van der Waals surface area contributed by atoms with E-state index in [0.29, 0.717) is 17.0 Å². The Hall–Kier alpha value is -3.67. The van der Waals surface area contributed by atoms with Crippen LogP contribution in [0.15, 0.2) is 61.1 Å². The molecule has 2 heterocycles. The van der Waals surface area contributed by atoms with Crippen molar-refractivity contribution in [2.45, 2.75) is 6.42 Å². The van der Waals surface area contributed by atoms with Gasteiger partial charge in [0.05, 0.1) is 24.6 Å². The second kappa shape index (κ2) is 6.92. The molecule has 0 atom stereocenters. The van der Waals surface area contributed by atoms with Crippen molar-refractivity contribution in [2.75, 3.05) is 7.11 Å². The highest BCUT2D eigenvalue weighted by molar-refractivity contribution is 6.03. The zero-order valence-corrected chi connectivity index (χ0v) is 14.6. The molecule has 4 rings (SSSR count). The third-order valence-corrected chi connectivity index (χ3v) is 4.43. The normalized spacial score (nSPS) is 10.9. The van der Waals surface area contributed by atoms with Crippen LogP contribution in [0.5, 0.6) is 5.75 Å². The van der Waals surface area contributed by atoms with E-state index < -0.39 is 5.97 Å². The molecular weight excluding hydrogens is 342 g/mol. The first-order chi connectivity index (χ1) is 13.2. The summed E-state index contributed by atoms with van der Waals surface area (Å²) in [6.45, 7) is 0. The summed E-state index contributed by atoms with van der Waals surface area (Å²) in [5.41, 5.74) is 4.87. The van der Waals surface area contributed by atoms with E-state index in [1.54, 1.807) is 19.2 Å². The van der Waals surface area contributed by atoms with Crippen molar-refractivity contribution in [1.29, 1.82) is 0 Å². The van der Waals surface area contributed by atoms with Crippen LogP contribution in [-0.4, -0.2) is 33.1 Å². The lowest BCUT2D eigenvalue weighted by molar-refractivity contribution is -0.136. The number of hydrogen-bond acceptors (Lipinski definition) is 4. The maximum atomic E-state index is 11.1. The summed E-state index contributed by atoms with van der Waals surface area (Å²) in [6, 6.07) is 15.3. The van der Waals surface area contributed by atoms with Gasteiger partial charge in [-0.2, -0.15) is 0 Å². The Bertz CT molecular complexity index is 1120. The molecule has 2 aromatic heterocycles. The molecule has 0 saturated carbocycles. The molecular formula is C21H17N3O3. The van der Waals surface area contributed by atoms with Gasteiger partial charge in [0.1, 0.15) is 17.7 Å². The first kappa shape index (κ1) is 16.8. The number of aliphatic carboxylic acids is 1. The van der Waals surface area contributed by atoms with E-state index in [2.05, 4.69) is 15.0 Å². The van der Waals surface area contributed by atoms with Gasteiger partial charge in [-0.05, 0) is 17.7 Å². The van der Waals surface area contributed by atoms with Gasteiger partial charge in [0.25, 0.3) is 0 Å². The average Bonchev–Trinajstić information content (AvgIpc) is 3.12. The molecule has 0 fully saturated rings. The predicted molar refractivity (Wildman–Crippen MR) is 103 cm³/mol. The Labute approximate surface area is 155 Å². The number of aromatic amines is 1.